The first-order chi connectivity index (χ1) is 5.47. The predicted octanol–water partition coefficient (Wildman–Crippen LogP) is 3.29. The van der Waals surface area contributed by atoms with Gasteiger partial charge in [-0.1, -0.05) is 27.7 Å². The van der Waals surface area contributed by atoms with E-state index in [0.717, 1.165) is 12.5 Å². The van der Waals surface area contributed by atoms with E-state index < -0.39 is 0 Å². The van der Waals surface area contributed by atoms with E-state index in [2.05, 4.69) is 27.7 Å². The van der Waals surface area contributed by atoms with Gasteiger partial charge in [0, 0.05) is 11.4 Å². The van der Waals surface area contributed by atoms with Crippen LogP contribution in [-0.2, 0) is 4.74 Å². The quantitative estimate of drug-likeness (QED) is 0.624. The molecule has 0 radical (unpaired) electrons. The lowest BCUT2D eigenvalue weighted by molar-refractivity contribution is 0.0480. The molecular weight excluding hydrogens is 168 g/mol. The largest absolute Gasteiger partial charge is 0.368 e. The van der Waals surface area contributed by atoms with E-state index in [0.29, 0.717) is 10.2 Å². The van der Waals surface area contributed by atoms with Crippen molar-refractivity contribution < 1.29 is 4.74 Å². The molecule has 0 aromatic rings. The topological polar surface area (TPSA) is 9.23 Å². The van der Waals surface area contributed by atoms with Gasteiger partial charge in [-0.25, -0.2) is 0 Å². The Balaban J connectivity index is 2.32. The smallest absolute Gasteiger partial charge is 0.103 e. The summed E-state index contributed by atoms with van der Waals surface area (Å²) in [6.07, 6.45) is 2.46. The molecule has 1 saturated heterocycles. The highest BCUT2D eigenvalue weighted by Gasteiger charge is 2.24. The molecule has 0 aromatic heterocycles. The molecule has 1 heterocycles. The van der Waals surface area contributed by atoms with Crippen molar-refractivity contribution in [1.29, 1.82) is 0 Å². The van der Waals surface area contributed by atoms with Crippen LogP contribution in [0, 0.1) is 5.92 Å². The van der Waals surface area contributed by atoms with E-state index in [1.807, 2.05) is 11.8 Å². The zero-order chi connectivity index (χ0) is 9.19. The van der Waals surface area contributed by atoms with Crippen molar-refractivity contribution >= 4 is 11.8 Å². The molecule has 72 valence electrons. The number of rotatable bonds is 1. The first-order valence-corrected chi connectivity index (χ1v) is 5.65. The molecule has 0 aromatic carbocycles. The molecule has 0 bridgehead atoms. The Hall–Kier alpha value is 0.310. The first-order valence-electron chi connectivity index (χ1n) is 4.77. The van der Waals surface area contributed by atoms with Crippen molar-refractivity contribution in [2.24, 2.45) is 5.92 Å². The minimum Gasteiger partial charge on any atom is -0.368 e. The molecule has 2 atom stereocenters. The van der Waals surface area contributed by atoms with Crippen LogP contribution in [0.3, 0.4) is 0 Å². The van der Waals surface area contributed by atoms with Crippen LogP contribution >= 0.6 is 11.8 Å². The highest BCUT2D eigenvalue weighted by Crippen LogP contribution is 2.35. The van der Waals surface area contributed by atoms with Gasteiger partial charge < -0.3 is 4.74 Å². The lowest BCUT2D eigenvalue weighted by atomic mass is 10.0. The molecule has 0 aliphatic carbocycles. The summed E-state index contributed by atoms with van der Waals surface area (Å²) in [5.74, 6) is 0.846. The van der Waals surface area contributed by atoms with Gasteiger partial charge in [-0.05, 0) is 18.8 Å². The van der Waals surface area contributed by atoms with Gasteiger partial charge in [0.25, 0.3) is 0 Å². The molecule has 12 heavy (non-hydrogen) atoms. The average molecular weight is 188 g/mol. The van der Waals surface area contributed by atoms with E-state index in [1.54, 1.807) is 0 Å². The summed E-state index contributed by atoms with van der Waals surface area (Å²) in [7, 11) is 0. The van der Waals surface area contributed by atoms with Crippen molar-refractivity contribution in [3.05, 3.63) is 0 Å². The lowest BCUT2D eigenvalue weighted by Gasteiger charge is -2.31. The van der Waals surface area contributed by atoms with Crippen molar-refractivity contribution in [1.82, 2.24) is 0 Å². The van der Waals surface area contributed by atoms with E-state index in [1.165, 1.54) is 12.8 Å². The fourth-order valence-electron chi connectivity index (χ4n) is 1.39. The Morgan fingerprint density at radius 1 is 1.33 bits per heavy atom. The van der Waals surface area contributed by atoms with Gasteiger partial charge in [0.2, 0.25) is 0 Å². The van der Waals surface area contributed by atoms with Gasteiger partial charge in [-0.2, -0.15) is 0 Å². The van der Waals surface area contributed by atoms with Crippen LogP contribution in [0.1, 0.15) is 40.5 Å². The summed E-state index contributed by atoms with van der Waals surface area (Å²) in [5.41, 5.74) is 0.439. The first kappa shape index (κ1) is 10.4. The third-order valence-corrected chi connectivity index (χ3v) is 3.29. The number of hydrogen-bond donors (Lipinski definition) is 0. The maximum absolute atomic E-state index is 5.69. The molecule has 1 aliphatic rings. The molecule has 1 aliphatic heterocycles. The minimum absolute atomic E-state index is 0.335. The van der Waals surface area contributed by atoms with Gasteiger partial charge in [-0.15, -0.1) is 11.8 Å². The fourth-order valence-corrected chi connectivity index (χ4v) is 2.77. The summed E-state index contributed by atoms with van der Waals surface area (Å²) >= 11 is 1.96. The standard InChI is InChI=1S/C10H20OS/c1-8-5-6-11-9(7-8)12-10(2,3)4/h8-9H,5-7H2,1-4H3. The molecule has 1 rings (SSSR count). The zero-order valence-electron chi connectivity index (χ0n) is 8.59. The molecule has 1 fully saturated rings. The summed E-state index contributed by atoms with van der Waals surface area (Å²) in [6.45, 7) is 10.0. The summed E-state index contributed by atoms with van der Waals surface area (Å²) in [6, 6.07) is 0. The van der Waals surface area contributed by atoms with Crippen molar-refractivity contribution in [2.75, 3.05) is 6.61 Å². The molecule has 2 unspecified atom stereocenters. The van der Waals surface area contributed by atoms with Crippen LogP contribution in [0.15, 0.2) is 0 Å². The Labute approximate surface area is 80.3 Å². The Bertz CT molecular complexity index is 139. The van der Waals surface area contributed by atoms with Crippen LogP contribution in [-0.4, -0.2) is 16.8 Å². The third kappa shape index (κ3) is 3.81. The maximum Gasteiger partial charge on any atom is 0.103 e. The Morgan fingerprint density at radius 3 is 2.50 bits per heavy atom. The monoisotopic (exact) mass is 188 g/mol. The van der Waals surface area contributed by atoms with E-state index >= 15 is 0 Å². The maximum atomic E-state index is 5.69. The molecular formula is C10H20OS. The SMILES string of the molecule is CC1CCOC(SC(C)(C)C)C1. The number of hydrogen-bond acceptors (Lipinski definition) is 2. The molecule has 2 heteroatoms. The zero-order valence-corrected chi connectivity index (χ0v) is 9.41. The van der Waals surface area contributed by atoms with Crippen LogP contribution in [0.2, 0.25) is 0 Å². The fraction of sp³-hybridized carbons (Fsp3) is 1.00. The van der Waals surface area contributed by atoms with Crippen molar-refractivity contribution in [2.45, 2.75) is 50.7 Å². The van der Waals surface area contributed by atoms with Crippen molar-refractivity contribution in [3.8, 4) is 0 Å². The van der Waals surface area contributed by atoms with Gasteiger partial charge >= 0.3 is 0 Å². The summed E-state index contributed by atoms with van der Waals surface area (Å²) in [5, 5.41) is 0. The second-order valence-corrected chi connectivity index (χ2v) is 6.65. The van der Waals surface area contributed by atoms with Crippen LogP contribution < -0.4 is 0 Å². The van der Waals surface area contributed by atoms with Crippen LogP contribution in [0.25, 0.3) is 0 Å². The van der Waals surface area contributed by atoms with Gasteiger partial charge in [0.1, 0.15) is 5.44 Å². The molecule has 0 spiro atoms. The second-order valence-electron chi connectivity index (χ2n) is 4.66. The minimum atomic E-state index is 0.335. The Morgan fingerprint density at radius 2 is 2.00 bits per heavy atom. The summed E-state index contributed by atoms with van der Waals surface area (Å²) in [4.78, 5) is 0. The number of thioether (sulfide) groups is 1. The highest BCUT2D eigenvalue weighted by atomic mass is 32.2. The normalized spacial score (nSPS) is 32.0. The van der Waals surface area contributed by atoms with Gasteiger partial charge in [-0.3, -0.25) is 0 Å². The third-order valence-electron chi connectivity index (χ3n) is 1.99. The van der Waals surface area contributed by atoms with E-state index in [-0.39, 0.29) is 0 Å². The van der Waals surface area contributed by atoms with Gasteiger partial charge in [0.05, 0.1) is 0 Å². The number of ether oxygens (including phenoxy) is 1. The average Bonchev–Trinajstić information content (AvgIpc) is 1.82. The second kappa shape index (κ2) is 4.01. The Kier molecular flexibility index (Phi) is 3.47. The van der Waals surface area contributed by atoms with E-state index in [9.17, 15) is 0 Å². The molecule has 0 saturated carbocycles. The lowest BCUT2D eigenvalue weighted by Crippen LogP contribution is -2.25. The molecule has 0 N–H and O–H groups in total. The van der Waals surface area contributed by atoms with E-state index in [4.69, 9.17) is 4.74 Å². The van der Waals surface area contributed by atoms with Crippen LogP contribution in [0.4, 0.5) is 0 Å². The highest BCUT2D eigenvalue weighted by molar-refractivity contribution is 8.01. The van der Waals surface area contributed by atoms with Gasteiger partial charge in [0.15, 0.2) is 0 Å². The molecule has 0 amide bonds. The summed E-state index contributed by atoms with van der Waals surface area (Å²) < 4.78 is 6.02. The predicted molar refractivity (Wildman–Crippen MR) is 55.5 cm³/mol. The van der Waals surface area contributed by atoms with Crippen LogP contribution in [0.5, 0.6) is 0 Å². The van der Waals surface area contributed by atoms with Crippen molar-refractivity contribution in [3.63, 3.8) is 0 Å². The molecule has 1 nitrogen and oxygen atoms in total.